The van der Waals surface area contributed by atoms with E-state index in [1.807, 2.05) is 12.1 Å². The fourth-order valence-electron chi connectivity index (χ4n) is 2.79. The topological polar surface area (TPSA) is 125 Å². The van der Waals surface area contributed by atoms with Gasteiger partial charge in [0.1, 0.15) is 40.5 Å². The van der Waals surface area contributed by atoms with Crippen molar-refractivity contribution in [1.82, 2.24) is 5.32 Å². The lowest BCUT2D eigenvalue weighted by molar-refractivity contribution is -0.129. The Labute approximate surface area is 195 Å². The maximum absolute atomic E-state index is 12.4. The van der Waals surface area contributed by atoms with Gasteiger partial charge >= 0.3 is 5.97 Å². The van der Waals surface area contributed by atoms with Gasteiger partial charge in [-0.2, -0.15) is 10.5 Å². The smallest absolute Gasteiger partial charge is 0.354 e. The van der Waals surface area contributed by atoms with Gasteiger partial charge in [-0.3, -0.25) is 4.79 Å². The molecule has 0 radical (unpaired) electrons. The van der Waals surface area contributed by atoms with Gasteiger partial charge in [0, 0.05) is 0 Å². The molecule has 2 aromatic carbocycles. The molecule has 1 heterocycles. The third-order valence-corrected chi connectivity index (χ3v) is 4.54. The molecule has 3 aromatic rings. The predicted octanol–water partition coefficient (Wildman–Crippen LogP) is 4.02. The molecule has 1 amide bonds. The first-order chi connectivity index (χ1) is 16.5. The van der Waals surface area contributed by atoms with E-state index in [1.165, 1.54) is 30.5 Å². The van der Waals surface area contributed by atoms with Crippen molar-refractivity contribution in [2.75, 3.05) is 7.11 Å². The molecule has 0 saturated heterocycles. The summed E-state index contributed by atoms with van der Waals surface area (Å²) in [5.41, 5.74) is 0.933. The minimum atomic E-state index is -0.809. The number of amides is 1. The van der Waals surface area contributed by atoms with Crippen LogP contribution in [0.3, 0.4) is 0 Å². The van der Waals surface area contributed by atoms with Crippen molar-refractivity contribution < 1.29 is 23.5 Å². The quantitative estimate of drug-likeness (QED) is 0.236. The van der Waals surface area contributed by atoms with Crippen LogP contribution in [0.15, 0.2) is 82.5 Å². The number of methoxy groups -OCH3 is 1. The molecule has 0 aliphatic heterocycles. The molecule has 0 bridgehead atoms. The number of furan rings is 1. The Bertz CT molecular complexity index is 1290. The standard InChI is InChI=1S/C26H19N3O5/c1-32-22-8-4-19(5-9-22)14-21(16-28)26(31)34-23-10-6-18(7-11-23)13-20(15-27)25(30)29-17-24-3-2-12-33-24/h2-14H,17H2,1H3,(H,29,30)/b20-13+,21-14+. The van der Waals surface area contributed by atoms with Gasteiger partial charge in [0.15, 0.2) is 0 Å². The second kappa shape index (κ2) is 11.5. The number of carbonyl (C=O) groups is 2. The largest absolute Gasteiger partial charge is 0.497 e. The van der Waals surface area contributed by atoms with Crippen molar-refractivity contribution in [3.05, 3.63) is 95.0 Å². The fraction of sp³-hybridized carbons (Fsp3) is 0.0769. The molecular weight excluding hydrogens is 434 g/mol. The Hall–Kier alpha value is -5.08. The number of benzene rings is 2. The molecule has 0 saturated carbocycles. The van der Waals surface area contributed by atoms with E-state index in [1.54, 1.807) is 55.6 Å². The van der Waals surface area contributed by atoms with Crippen LogP contribution < -0.4 is 14.8 Å². The minimum absolute atomic E-state index is 0.0921. The van der Waals surface area contributed by atoms with Gasteiger partial charge in [-0.05, 0) is 59.7 Å². The fourth-order valence-corrected chi connectivity index (χ4v) is 2.79. The molecule has 1 aromatic heterocycles. The Balaban J connectivity index is 1.64. The highest BCUT2D eigenvalue weighted by Gasteiger charge is 2.13. The van der Waals surface area contributed by atoms with Gasteiger partial charge in [0.25, 0.3) is 5.91 Å². The highest BCUT2D eigenvalue weighted by Crippen LogP contribution is 2.18. The number of esters is 1. The van der Waals surface area contributed by atoms with Gasteiger partial charge in [-0.1, -0.05) is 24.3 Å². The van der Waals surface area contributed by atoms with Crippen LogP contribution in [0.4, 0.5) is 0 Å². The minimum Gasteiger partial charge on any atom is -0.497 e. The van der Waals surface area contributed by atoms with Crippen LogP contribution in [0, 0.1) is 22.7 Å². The van der Waals surface area contributed by atoms with E-state index in [0.717, 1.165) is 0 Å². The maximum atomic E-state index is 12.4. The second-order valence-corrected chi connectivity index (χ2v) is 6.83. The summed E-state index contributed by atoms with van der Waals surface area (Å²) >= 11 is 0. The summed E-state index contributed by atoms with van der Waals surface area (Å²) in [7, 11) is 1.54. The van der Waals surface area contributed by atoms with Crippen LogP contribution in [-0.2, 0) is 16.1 Å². The SMILES string of the molecule is COc1ccc(/C=C(\C#N)C(=O)Oc2ccc(/C=C(\C#N)C(=O)NCc3ccco3)cc2)cc1. The number of rotatable bonds is 8. The highest BCUT2D eigenvalue weighted by molar-refractivity contribution is 6.01. The molecule has 0 aliphatic rings. The zero-order valence-corrected chi connectivity index (χ0v) is 18.1. The van der Waals surface area contributed by atoms with Crippen molar-refractivity contribution in [2.24, 2.45) is 0 Å². The summed E-state index contributed by atoms with van der Waals surface area (Å²) in [5.74, 6) is 0.0729. The van der Waals surface area contributed by atoms with Crippen molar-refractivity contribution in [3.8, 4) is 23.6 Å². The summed E-state index contributed by atoms with van der Waals surface area (Å²) in [5, 5.41) is 21.3. The first-order valence-electron chi connectivity index (χ1n) is 10.0. The first kappa shape index (κ1) is 23.6. The van der Waals surface area contributed by atoms with Crippen LogP contribution in [0.25, 0.3) is 12.2 Å². The van der Waals surface area contributed by atoms with Crippen molar-refractivity contribution >= 4 is 24.0 Å². The number of ether oxygens (including phenoxy) is 2. The van der Waals surface area contributed by atoms with Gasteiger partial charge in [-0.15, -0.1) is 0 Å². The summed E-state index contributed by atoms with van der Waals surface area (Å²) in [4.78, 5) is 24.6. The molecule has 1 N–H and O–H groups in total. The third-order valence-electron chi connectivity index (χ3n) is 4.54. The van der Waals surface area contributed by atoms with E-state index in [4.69, 9.17) is 13.9 Å². The molecule has 0 unspecified atom stereocenters. The normalized spacial score (nSPS) is 11.1. The molecule has 3 rings (SSSR count). The van der Waals surface area contributed by atoms with Crippen LogP contribution in [0.1, 0.15) is 16.9 Å². The summed E-state index contributed by atoms with van der Waals surface area (Å²) in [6, 6.07) is 20.1. The van der Waals surface area contributed by atoms with Crippen LogP contribution in [-0.4, -0.2) is 19.0 Å². The zero-order chi connectivity index (χ0) is 24.3. The number of nitrogens with one attached hydrogen (secondary N) is 1. The number of nitriles is 2. The van der Waals surface area contributed by atoms with E-state index in [9.17, 15) is 20.1 Å². The summed E-state index contributed by atoms with van der Waals surface area (Å²) in [6.45, 7) is 0.158. The van der Waals surface area contributed by atoms with E-state index < -0.39 is 11.9 Å². The Morgan fingerprint density at radius 3 is 2.03 bits per heavy atom. The Kier molecular flexibility index (Phi) is 7.99. The lowest BCUT2D eigenvalue weighted by Crippen LogP contribution is -2.23. The van der Waals surface area contributed by atoms with Gasteiger partial charge in [0.2, 0.25) is 0 Å². The van der Waals surface area contributed by atoms with Crippen molar-refractivity contribution in [3.63, 3.8) is 0 Å². The second-order valence-electron chi connectivity index (χ2n) is 6.83. The average Bonchev–Trinajstić information content (AvgIpc) is 3.39. The van der Waals surface area contributed by atoms with Gasteiger partial charge in [0.05, 0.1) is 19.9 Å². The average molecular weight is 453 g/mol. The van der Waals surface area contributed by atoms with E-state index in [-0.39, 0.29) is 23.4 Å². The Morgan fingerprint density at radius 2 is 1.50 bits per heavy atom. The van der Waals surface area contributed by atoms with Crippen molar-refractivity contribution in [2.45, 2.75) is 6.54 Å². The number of hydrogen-bond acceptors (Lipinski definition) is 7. The lowest BCUT2D eigenvalue weighted by atomic mass is 10.1. The Morgan fingerprint density at radius 1 is 0.912 bits per heavy atom. The van der Waals surface area contributed by atoms with Crippen molar-refractivity contribution in [1.29, 1.82) is 10.5 Å². The van der Waals surface area contributed by atoms with Gasteiger partial charge < -0.3 is 19.2 Å². The van der Waals surface area contributed by atoms with E-state index >= 15 is 0 Å². The zero-order valence-electron chi connectivity index (χ0n) is 18.1. The lowest BCUT2D eigenvalue weighted by Gasteiger charge is -2.05. The molecule has 0 atom stereocenters. The first-order valence-corrected chi connectivity index (χ1v) is 10.0. The molecule has 34 heavy (non-hydrogen) atoms. The maximum Gasteiger partial charge on any atom is 0.354 e. The molecule has 168 valence electrons. The number of carbonyl (C=O) groups excluding carboxylic acids is 2. The van der Waals surface area contributed by atoms with E-state index in [0.29, 0.717) is 22.6 Å². The third kappa shape index (κ3) is 6.46. The monoisotopic (exact) mass is 453 g/mol. The van der Waals surface area contributed by atoms with Crippen LogP contribution >= 0.6 is 0 Å². The highest BCUT2D eigenvalue weighted by atomic mass is 16.5. The number of nitrogens with zero attached hydrogens (tertiary/aromatic N) is 2. The predicted molar refractivity (Wildman–Crippen MR) is 123 cm³/mol. The van der Waals surface area contributed by atoms with Gasteiger partial charge in [-0.25, -0.2) is 4.79 Å². The molecule has 8 nitrogen and oxygen atoms in total. The molecular formula is C26H19N3O5. The number of hydrogen-bond donors (Lipinski definition) is 1. The molecule has 8 heteroatoms. The van der Waals surface area contributed by atoms with Crippen LogP contribution in [0.2, 0.25) is 0 Å². The van der Waals surface area contributed by atoms with E-state index in [2.05, 4.69) is 5.32 Å². The summed E-state index contributed by atoms with van der Waals surface area (Å²) < 4.78 is 15.5. The molecule has 0 fully saturated rings. The summed E-state index contributed by atoms with van der Waals surface area (Å²) in [6.07, 6.45) is 4.32. The van der Waals surface area contributed by atoms with Crippen LogP contribution in [0.5, 0.6) is 11.5 Å². The molecule has 0 aliphatic carbocycles. The molecule has 0 spiro atoms.